The standard InChI is InChI=1S/C17H23N3O/c1-4-20-17(15(21-3)11-19-20)16(18-2)14-10-9-12-7-5-6-8-13(12)14/h5-8,11,14,16,18H,4,9-10H2,1-3H3. The molecule has 21 heavy (non-hydrogen) atoms. The Kier molecular flexibility index (Phi) is 3.97. The molecule has 112 valence electrons. The molecule has 0 saturated heterocycles. The van der Waals surface area contributed by atoms with E-state index in [-0.39, 0.29) is 6.04 Å². The summed E-state index contributed by atoms with van der Waals surface area (Å²) in [6.45, 7) is 2.97. The maximum absolute atomic E-state index is 5.53. The number of hydrogen-bond donors (Lipinski definition) is 1. The molecule has 0 spiro atoms. The monoisotopic (exact) mass is 285 g/mol. The summed E-state index contributed by atoms with van der Waals surface area (Å²) >= 11 is 0. The normalized spacial score (nSPS) is 18.5. The summed E-state index contributed by atoms with van der Waals surface area (Å²) in [6.07, 6.45) is 4.15. The van der Waals surface area contributed by atoms with Gasteiger partial charge in [-0.15, -0.1) is 0 Å². The number of nitrogens with one attached hydrogen (secondary N) is 1. The Morgan fingerprint density at radius 3 is 2.95 bits per heavy atom. The van der Waals surface area contributed by atoms with Crippen LogP contribution < -0.4 is 10.1 Å². The van der Waals surface area contributed by atoms with E-state index in [9.17, 15) is 0 Å². The molecule has 0 saturated carbocycles. The number of hydrogen-bond acceptors (Lipinski definition) is 3. The third kappa shape index (κ3) is 2.33. The minimum atomic E-state index is 0.228. The quantitative estimate of drug-likeness (QED) is 0.918. The maximum atomic E-state index is 5.53. The van der Waals surface area contributed by atoms with E-state index in [1.54, 1.807) is 7.11 Å². The van der Waals surface area contributed by atoms with E-state index < -0.39 is 0 Å². The molecule has 1 heterocycles. The number of methoxy groups -OCH3 is 1. The molecule has 4 nitrogen and oxygen atoms in total. The highest BCUT2D eigenvalue weighted by molar-refractivity contribution is 5.39. The van der Waals surface area contributed by atoms with Crippen LogP contribution in [0.4, 0.5) is 0 Å². The minimum absolute atomic E-state index is 0.228. The van der Waals surface area contributed by atoms with Gasteiger partial charge in [0.05, 0.1) is 25.0 Å². The summed E-state index contributed by atoms with van der Waals surface area (Å²) in [5, 5.41) is 7.95. The Morgan fingerprint density at radius 2 is 2.24 bits per heavy atom. The number of ether oxygens (including phenoxy) is 1. The van der Waals surface area contributed by atoms with Crippen molar-refractivity contribution in [3.63, 3.8) is 0 Å². The van der Waals surface area contributed by atoms with Gasteiger partial charge < -0.3 is 10.1 Å². The first-order chi connectivity index (χ1) is 10.3. The third-order valence-corrected chi connectivity index (χ3v) is 4.55. The first kappa shape index (κ1) is 14.1. The van der Waals surface area contributed by atoms with Crippen molar-refractivity contribution in [1.82, 2.24) is 15.1 Å². The average molecular weight is 285 g/mol. The van der Waals surface area contributed by atoms with Crippen LogP contribution in [0.3, 0.4) is 0 Å². The Bertz CT molecular complexity index is 599. The summed E-state index contributed by atoms with van der Waals surface area (Å²) in [6, 6.07) is 9.00. The van der Waals surface area contributed by atoms with E-state index in [0.29, 0.717) is 5.92 Å². The minimum Gasteiger partial charge on any atom is -0.493 e. The van der Waals surface area contributed by atoms with Crippen molar-refractivity contribution in [1.29, 1.82) is 0 Å². The second-order valence-electron chi connectivity index (χ2n) is 5.52. The van der Waals surface area contributed by atoms with E-state index in [2.05, 4.69) is 41.6 Å². The Morgan fingerprint density at radius 1 is 1.43 bits per heavy atom. The number of likely N-dealkylation sites (N-methyl/N-ethyl adjacent to an activating group) is 1. The van der Waals surface area contributed by atoms with Crippen LogP contribution in [-0.4, -0.2) is 23.9 Å². The van der Waals surface area contributed by atoms with Crippen LogP contribution in [0.5, 0.6) is 5.75 Å². The van der Waals surface area contributed by atoms with E-state index in [1.807, 2.05) is 17.9 Å². The molecule has 0 fully saturated rings. The molecule has 3 rings (SSSR count). The molecule has 2 aromatic rings. The van der Waals surface area contributed by atoms with Crippen molar-refractivity contribution in [3.05, 3.63) is 47.3 Å². The molecule has 1 N–H and O–H groups in total. The average Bonchev–Trinajstić information content (AvgIpc) is 3.13. The van der Waals surface area contributed by atoms with Crippen LogP contribution in [0.2, 0.25) is 0 Å². The molecule has 1 aliphatic rings. The van der Waals surface area contributed by atoms with Gasteiger partial charge >= 0.3 is 0 Å². The van der Waals surface area contributed by atoms with Gasteiger partial charge in [0.15, 0.2) is 5.75 Å². The molecule has 1 aromatic heterocycles. The van der Waals surface area contributed by atoms with Crippen molar-refractivity contribution in [2.75, 3.05) is 14.2 Å². The van der Waals surface area contributed by atoms with Gasteiger partial charge in [0.1, 0.15) is 0 Å². The van der Waals surface area contributed by atoms with Crippen LogP contribution in [0.1, 0.15) is 42.1 Å². The first-order valence-electron chi connectivity index (χ1n) is 7.64. The molecular formula is C17H23N3O. The number of aromatic nitrogens is 2. The fraction of sp³-hybridized carbons (Fsp3) is 0.471. The fourth-order valence-electron chi connectivity index (χ4n) is 3.57. The molecule has 0 amide bonds. The maximum Gasteiger partial charge on any atom is 0.161 e. The van der Waals surface area contributed by atoms with Crippen molar-refractivity contribution in [2.24, 2.45) is 0 Å². The second-order valence-corrected chi connectivity index (χ2v) is 5.52. The van der Waals surface area contributed by atoms with Crippen molar-refractivity contribution < 1.29 is 4.74 Å². The molecule has 1 aromatic carbocycles. The lowest BCUT2D eigenvalue weighted by atomic mass is 9.90. The van der Waals surface area contributed by atoms with Crippen LogP contribution >= 0.6 is 0 Å². The van der Waals surface area contributed by atoms with Gasteiger partial charge in [0.2, 0.25) is 0 Å². The van der Waals surface area contributed by atoms with Gasteiger partial charge in [-0.1, -0.05) is 24.3 Å². The van der Waals surface area contributed by atoms with E-state index in [4.69, 9.17) is 4.74 Å². The van der Waals surface area contributed by atoms with E-state index in [1.165, 1.54) is 17.5 Å². The molecule has 0 bridgehead atoms. The molecular weight excluding hydrogens is 262 g/mol. The Balaban J connectivity index is 2.02. The molecule has 2 unspecified atom stereocenters. The van der Waals surface area contributed by atoms with Crippen molar-refractivity contribution in [2.45, 2.75) is 38.3 Å². The summed E-state index contributed by atoms with van der Waals surface area (Å²) in [5.74, 6) is 1.35. The number of aryl methyl sites for hydroxylation is 2. The fourth-order valence-corrected chi connectivity index (χ4v) is 3.57. The number of nitrogens with zero attached hydrogens (tertiary/aromatic N) is 2. The third-order valence-electron chi connectivity index (χ3n) is 4.55. The number of rotatable bonds is 5. The van der Waals surface area contributed by atoms with Gasteiger partial charge in [-0.2, -0.15) is 5.10 Å². The smallest absolute Gasteiger partial charge is 0.161 e. The van der Waals surface area contributed by atoms with Crippen molar-refractivity contribution in [3.8, 4) is 5.75 Å². The first-order valence-corrected chi connectivity index (χ1v) is 7.64. The van der Waals surface area contributed by atoms with Crippen LogP contribution in [0.15, 0.2) is 30.5 Å². The highest BCUT2D eigenvalue weighted by atomic mass is 16.5. The van der Waals surface area contributed by atoms with Gasteiger partial charge in [-0.05, 0) is 37.9 Å². The zero-order valence-electron chi connectivity index (χ0n) is 13.0. The lowest BCUT2D eigenvalue weighted by Gasteiger charge is -2.25. The molecule has 4 heteroatoms. The zero-order valence-corrected chi connectivity index (χ0v) is 13.0. The number of benzene rings is 1. The molecule has 2 atom stereocenters. The van der Waals surface area contributed by atoms with Gasteiger partial charge in [0, 0.05) is 12.5 Å². The summed E-state index contributed by atoms with van der Waals surface area (Å²) in [5.41, 5.74) is 4.09. The van der Waals surface area contributed by atoms with Gasteiger partial charge in [-0.25, -0.2) is 0 Å². The highest BCUT2D eigenvalue weighted by Gasteiger charge is 2.33. The van der Waals surface area contributed by atoms with Gasteiger partial charge in [-0.3, -0.25) is 4.68 Å². The predicted molar refractivity (Wildman–Crippen MR) is 83.8 cm³/mol. The molecule has 1 aliphatic carbocycles. The van der Waals surface area contributed by atoms with E-state index in [0.717, 1.165) is 24.4 Å². The van der Waals surface area contributed by atoms with E-state index >= 15 is 0 Å². The van der Waals surface area contributed by atoms with Gasteiger partial charge in [0.25, 0.3) is 0 Å². The predicted octanol–water partition coefficient (Wildman–Crippen LogP) is 2.90. The second kappa shape index (κ2) is 5.90. The molecule has 0 radical (unpaired) electrons. The zero-order chi connectivity index (χ0) is 14.8. The lowest BCUT2D eigenvalue weighted by Crippen LogP contribution is -2.26. The van der Waals surface area contributed by atoms with Crippen LogP contribution in [0.25, 0.3) is 0 Å². The number of fused-ring (bicyclic) bond motifs is 1. The lowest BCUT2D eigenvalue weighted by molar-refractivity contribution is 0.378. The summed E-state index contributed by atoms with van der Waals surface area (Å²) in [4.78, 5) is 0. The Labute approximate surface area is 126 Å². The highest BCUT2D eigenvalue weighted by Crippen LogP contribution is 2.43. The van der Waals surface area contributed by atoms with Crippen LogP contribution in [-0.2, 0) is 13.0 Å². The topological polar surface area (TPSA) is 39.1 Å². The summed E-state index contributed by atoms with van der Waals surface area (Å²) in [7, 11) is 3.74. The summed E-state index contributed by atoms with van der Waals surface area (Å²) < 4.78 is 7.58. The SMILES string of the molecule is CCn1ncc(OC)c1C(NC)C1CCc2ccccc21. The molecule has 0 aliphatic heterocycles. The Hall–Kier alpha value is -1.81. The largest absolute Gasteiger partial charge is 0.493 e. The van der Waals surface area contributed by atoms with Crippen LogP contribution in [0, 0.1) is 0 Å². The van der Waals surface area contributed by atoms with Crippen molar-refractivity contribution >= 4 is 0 Å².